The van der Waals surface area contributed by atoms with Gasteiger partial charge in [-0.2, -0.15) is 0 Å². The summed E-state index contributed by atoms with van der Waals surface area (Å²) in [5.41, 5.74) is 0.903. The van der Waals surface area contributed by atoms with E-state index in [-0.39, 0.29) is 17.6 Å². The Labute approximate surface area is 106 Å². The number of ether oxygens (including phenoxy) is 2. The van der Waals surface area contributed by atoms with Crippen molar-refractivity contribution >= 4 is 5.78 Å². The van der Waals surface area contributed by atoms with E-state index in [2.05, 4.69) is 6.58 Å². The predicted molar refractivity (Wildman–Crippen MR) is 67.2 cm³/mol. The van der Waals surface area contributed by atoms with Crippen LogP contribution in [0.25, 0.3) is 0 Å². The van der Waals surface area contributed by atoms with Gasteiger partial charge in [-0.3, -0.25) is 4.79 Å². The molecule has 1 aliphatic rings. The molecule has 1 atom stereocenters. The number of phenolic OH excluding ortho intramolecular Hbond substituents is 1. The van der Waals surface area contributed by atoms with E-state index in [9.17, 15) is 9.90 Å². The number of benzene rings is 1. The number of ketones is 1. The van der Waals surface area contributed by atoms with Crippen LogP contribution in [0.15, 0.2) is 24.8 Å². The first-order chi connectivity index (χ1) is 8.63. The summed E-state index contributed by atoms with van der Waals surface area (Å²) < 4.78 is 10.6. The third-order valence-corrected chi connectivity index (χ3v) is 2.79. The number of phenols is 1. The summed E-state index contributed by atoms with van der Waals surface area (Å²) in [5.74, 6) is 0.388. The number of allylic oxidation sites excluding steroid dienone is 1. The van der Waals surface area contributed by atoms with Crippen molar-refractivity contribution in [3.63, 3.8) is 0 Å². The summed E-state index contributed by atoms with van der Waals surface area (Å²) in [4.78, 5) is 11.4. The second-order valence-electron chi connectivity index (χ2n) is 4.25. The first-order valence-electron chi connectivity index (χ1n) is 5.84. The summed E-state index contributed by atoms with van der Waals surface area (Å²) in [6.07, 6.45) is 2.27. The summed E-state index contributed by atoms with van der Waals surface area (Å²) in [5, 5.41) is 10.1. The molecule has 1 saturated heterocycles. The van der Waals surface area contributed by atoms with Crippen LogP contribution in [0, 0.1) is 0 Å². The fourth-order valence-corrected chi connectivity index (χ4v) is 1.73. The SMILES string of the molecule is C=CCc1c(OCC2CO2)ccc(C(C)=O)c1O. The van der Waals surface area contributed by atoms with Crippen LogP contribution in [-0.2, 0) is 11.2 Å². The van der Waals surface area contributed by atoms with E-state index in [0.29, 0.717) is 36.5 Å². The lowest BCUT2D eigenvalue weighted by Gasteiger charge is -2.13. The number of epoxide rings is 1. The number of carbonyl (C=O) groups excluding carboxylic acids is 1. The van der Waals surface area contributed by atoms with Gasteiger partial charge in [-0.15, -0.1) is 6.58 Å². The van der Waals surface area contributed by atoms with Crippen molar-refractivity contribution in [3.05, 3.63) is 35.9 Å². The van der Waals surface area contributed by atoms with Crippen molar-refractivity contribution in [1.29, 1.82) is 0 Å². The molecule has 1 N–H and O–H groups in total. The minimum absolute atomic E-state index is 0.0170. The Morgan fingerprint density at radius 1 is 1.67 bits per heavy atom. The van der Waals surface area contributed by atoms with Gasteiger partial charge in [0.25, 0.3) is 0 Å². The van der Waals surface area contributed by atoms with E-state index in [1.165, 1.54) is 6.92 Å². The van der Waals surface area contributed by atoms with E-state index in [0.717, 1.165) is 0 Å². The number of aromatic hydroxyl groups is 1. The Kier molecular flexibility index (Phi) is 3.67. The van der Waals surface area contributed by atoms with Crippen LogP contribution in [-0.4, -0.2) is 30.2 Å². The predicted octanol–water partition coefficient (Wildman–Crippen LogP) is 2.10. The molecule has 0 bridgehead atoms. The quantitative estimate of drug-likeness (QED) is 0.476. The zero-order valence-corrected chi connectivity index (χ0v) is 10.3. The number of hydrogen-bond acceptors (Lipinski definition) is 4. The van der Waals surface area contributed by atoms with E-state index in [1.54, 1.807) is 18.2 Å². The normalized spacial score (nSPS) is 17.3. The molecule has 0 aliphatic carbocycles. The highest BCUT2D eigenvalue weighted by molar-refractivity contribution is 5.97. The first kappa shape index (κ1) is 12.6. The highest BCUT2D eigenvalue weighted by Gasteiger charge is 2.24. The van der Waals surface area contributed by atoms with Crippen LogP contribution < -0.4 is 4.74 Å². The number of carbonyl (C=O) groups is 1. The standard InChI is InChI=1S/C14H16O4/c1-3-4-12-13(18-8-10-7-17-10)6-5-11(9(2)15)14(12)16/h3,5-6,10,16H,1,4,7-8H2,2H3. The Balaban J connectivity index is 2.28. The smallest absolute Gasteiger partial charge is 0.163 e. The average molecular weight is 248 g/mol. The number of Topliss-reactive ketones (excluding diaryl/α,β-unsaturated/α-hetero) is 1. The van der Waals surface area contributed by atoms with Gasteiger partial charge in [0.1, 0.15) is 24.2 Å². The van der Waals surface area contributed by atoms with Gasteiger partial charge < -0.3 is 14.6 Å². The molecule has 1 unspecified atom stereocenters. The molecule has 0 aromatic heterocycles. The molecule has 4 heteroatoms. The van der Waals surface area contributed by atoms with E-state index in [4.69, 9.17) is 9.47 Å². The van der Waals surface area contributed by atoms with E-state index in [1.807, 2.05) is 0 Å². The lowest BCUT2D eigenvalue weighted by Crippen LogP contribution is -2.07. The number of hydrogen-bond donors (Lipinski definition) is 1. The van der Waals surface area contributed by atoms with Crippen molar-refractivity contribution in [2.45, 2.75) is 19.4 Å². The lowest BCUT2D eigenvalue weighted by molar-refractivity contribution is 0.101. The Bertz CT molecular complexity index is 475. The van der Waals surface area contributed by atoms with Gasteiger partial charge in [0.05, 0.1) is 12.2 Å². The molecular weight excluding hydrogens is 232 g/mol. The van der Waals surface area contributed by atoms with E-state index >= 15 is 0 Å². The molecule has 1 heterocycles. The highest BCUT2D eigenvalue weighted by atomic mass is 16.6. The van der Waals surface area contributed by atoms with Crippen molar-refractivity contribution < 1.29 is 19.4 Å². The minimum Gasteiger partial charge on any atom is -0.507 e. The molecule has 1 fully saturated rings. The van der Waals surface area contributed by atoms with E-state index < -0.39 is 0 Å². The fraction of sp³-hybridized carbons (Fsp3) is 0.357. The second kappa shape index (κ2) is 5.23. The van der Waals surface area contributed by atoms with Crippen molar-refractivity contribution in [3.8, 4) is 11.5 Å². The maximum Gasteiger partial charge on any atom is 0.163 e. The third kappa shape index (κ3) is 2.71. The zero-order valence-electron chi connectivity index (χ0n) is 10.3. The molecule has 1 aromatic rings. The maximum atomic E-state index is 11.4. The van der Waals surface area contributed by atoms with Crippen molar-refractivity contribution in [1.82, 2.24) is 0 Å². The van der Waals surface area contributed by atoms with Gasteiger partial charge in [0, 0.05) is 5.56 Å². The van der Waals surface area contributed by atoms with Gasteiger partial charge in [0.15, 0.2) is 5.78 Å². The maximum absolute atomic E-state index is 11.4. The van der Waals surface area contributed by atoms with Gasteiger partial charge in [-0.05, 0) is 25.5 Å². The highest BCUT2D eigenvalue weighted by Crippen LogP contribution is 2.33. The van der Waals surface area contributed by atoms with Gasteiger partial charge >= 0.3 is 0 Å². The molecule has 1 aliphatic heterocycles. The van der Waals surface area contributed by atoms with Crippen molar-refractivity contribution in [2.75, 3.05) is 13.2 Å². The summed E-state index contributed by atoms with van der Waals surface area (Å²) >= 11 is 0. The van der Waals surface area contributed by atoms with Crippen LogP contribution in [0.1, 0.15) is 22.8 Å². The molecule has 0 radical (unpaired) electrons. The Morgan fingerprint density at radius 3 is 2.94 bits per heavy atom. The fourth-order valence-electron chi connectivity index (χ4n) is 1.73. The van der Waals surface area contributed by atoms with Crippen LogP contribution in [0.5, 0.6) is 11.5 Å². The lowest BCUT2D eigenvalue weighted by atomic mass is 10.0. The van der Waals surface area contributed by atoms with Crippen LogP contribution >= 0.6 is 0 Å². The first-order valence-corrected chi connectivity index (χ1v) is 5.84. The van der Waals surface area contributed by atoms with Crippen LogP contribution in [0.3, 0.4) is 0 Å². The second-order valence-corrected chi connectivity index (χ2v) is 4.25. The van der Waals surface area contributed by atoms with Gasteiger partial charge in [0.2, 0.25) is 0 Å². The van der Waals surface area contributed by atoms with Crippen LogP contribution in [0.2, 0.25) is 0 Å². The summed E-state index contributed by atoms with van der Waals surface area (Å²) in [6, 6.07) is 3.28. The zero-order chi connectivity index (χ0) is 13.1. The Morgan fingerprint density at radius 2 is 2.39 bits per heavy atom. The largest absolute Gasteiger partial charge is 0.507 e. The molecule has 18 heavy (non-hydrogen) atoms. The average Bonchev–Trinajstić information content (AvgIpc) is 3.13. The Hall–Kier alpha value is -1.81. The van der Waals surface area contributed by atoms with Crippen LogP contribution in [0.4, 0.5) is 0 Å². The number of rotatable bonds is 6. The monoisotopic (exact) mass is 248 g/mol. The topological polar surface area (TPSA) is 59.1 Å². The summed E-state index contributed by atoms with van der Waals surface area (Å²) in [6.45, 7) is 6.24. The molecule has 0 spiro atoms. The molecule has 2 rings (SSSR count). The van der Waals surface area contributed by atoms with Gasteiger partial charge in [-0.1, -0.05) is 6.08 Å². The van der Waals surface area contributed by atoms with Gasteiger partial charge in [-0.25, -0.2) is 0 Å². The van der Waals surface area contributed by atoms with Crippen molar-refractivity contribution in [2.24, 2.45) is 0 Å². The molecule has 4 nitrogen and oxygen atoms in total. The molecule has 0 amide bonds. The summed E-state index contributed by atoms with van der Waals surface area (Å²) in [7, 11) is 0. The molecule has 1 aromatic carbocycles. The molecule has 0 saturated carbocycles. The molecule has 96 valence electrons. The third-order valence-electron chi connectivity index (χ3n) is 2.79. The minimum atomic E-state index is -0.171. The molecular formula is C14H16O4.